The van der Waals surface area contributed by atoms with Crippen molar-refractivity contribution in [2.24, 2.45) is 0 Å². The standard InChI is InChI=1S/C63H117NO13/c1-3-5-7-9-11-13-15-17-19-21-23-24-25-26-27-28-29-30-32-34-36-38-40-42-44-46-52(67)51(64-55(68)47-45-43-41-39-37-35-33-31-22-20-18-16-14-12-10-8-6-4-2)50-74-62-60(73)58(71)61(54(49-66)76-62)77-63-59(72)57(70)56(69)53(48-65)75-63/h20,22,36,38,44,46,51-54,56-63,65-67,69-73H,3-19,21,23-35,37,39-43,45,47-50H2,1-2H3,(H,64,68)/b22-20-,38-36+,46-44+. The average molecular weight is 1100 g/mol. The largest absolute Gasteiger partial charge is 0.394 e. The van der Waals surface area contributed by atoms with E-state index in [9.17, 15) is 45.6 Å². The molecule has 2 heterocycles. The summed E-state index contributed by atoms with van der Waals surface area (Å²) >= 11 is 0. The summed E-state index contributed by atoms with van der Waals surface area (Å²) in [6.45, 7) is 2.80. The first-order valence-electron chi connectivity index (χ1n) is 31.7. The smallest absolute Gasteiger partial charge is 0.220 e. The summed E-state index contributed by atoms with van der Waals surface area (Å²) in [6, 6.07) is -0.933. The topological polar surface area (TPSA) is 228 Å². The predicted molar refractivity (Wildman–Crippen MR) is 309 cm³/mol. The lowest BCUT2D eigenvalue weighted by Crippen LogP contribution is -2.65. The number of aliphatic hydroxyl groups is 8. The molecule has 2 fully saturated rings. The second-order valence-corrected chi connectivity index (χ2v) is 22.5. The zero-order valence-corrected chi connectivity index (χ0v) is 48.7. The van der Waals surface area contributed by atoms with Crippen LogP contribution in [0.4, 0.5) is 0 Å². The zero-order valence-electron chi connectivity index (χ0n) is 48.7. The maximum atomic E-state index is 13.3. The number of amides is 1. The third kappa shape index (κ3) is 34.3. The molecule has 12 unspecified atom stereocenters. The van der Waals surface area contributed by atoms with Crippen LogP contribution in [0.3, 0.4) is 0 Å². The predicted octanol–water partition coefficient (Wildman–Crippen LogP) is 11.4. The molecule has 14 nitrogen and oxygen atoms in total. The molecule has 0 aromatic carbocycles. The first-order chi connectivity index (χ1) is 37.6. The highest BCUT2D eigenvalue weighted by atomic mass is 16.7. The number of unbranched alkanes of at least 4 members (excludes halogenated alkanes) is 34. The minimum atomic E-state index is -1.79. The lowest BCUT2D eigenvalue weighted by atomic mass is 9.97. The van der Waals surface area contributed by atoms with E-state index in [0.717, 1.165) is 38.5 Å². The van der Waals surface area contributed by atoms with Gasteiger partial charge in [-0.1, -0.05) is 237 Å². The molecular weight excluding hydrogens is 979 g/mol. The molecule has 12 atom stereocenters. The molecule has 0 aliphatic carbocycles. The number of carbonyl (C=O) groups excluding carboxylic acids is 1. The Morgan fingerprint density at radius 3 is 1.27 bits per heavy atom. The highest BCUT2D eigenvalue weighted by Gasteiger charge is 2.51. The molecule has 0 radical (unpaired) electrons. The van der Waals surface area contributed by atoms with Gasteiger partial charge in [0.25, 0.3) is 0 Å². The van der Waals surface area contributed by atoms with E-state index in [4.69, 9.17) is 18.9 Å². The molecule has 77 heavy (non-hydrogen) atoms. The third-order valence-electron chi connectivity index (χ3n) is 15.5. The quantitative estimate of drug-likeness (QED) is 0.0204. The summed E-state index contributed by atoms with van der Waals surface area (Å²) in [5.41, 5.74) is 0. The van der Waals surface area contributed by atoms with Gasteiger partial charge in [0.05, 0.1) is 32.0 Å². The molecule has 0 aromatic heterocycles. The van der Waals surface area contributed by atoms with Gasteiger partial charge in [0.1, 0.15) is 48.8 Å². The van der Waals surface area contributed by atoms with Crippen molar-refractivity contribution < 1.29 is 64.6 Å². The number of rotatable bonds is 51. The summed E-state index contributed by atoms with van der Waals surface area (Å²) in [7, 11) is 0. The van der Waals surface area contributed by atoms with Crippen molar-refractivity contribution in [2.75, 3.05) is 19.8 Å². The summed E-state index contributed by atoms with van der Waals surface area (Å²) in [5.74, 6) is -0.251. The van der Waals surface area contributed by atoms with Crippen LogP contribution in [-0.2, 0) is 23.7 Å². The highest BCUT2D eigenvalue weighted by Crippen LogP contribution is 2.30. The van der Waals surface area contributed by atoms with Gasteiger partial charge in [-0.05, 0) is 57.8 Å². The first kappa shape index (κ1) is 71.3. The third-order valence-corrected chi connectivity index (χ3v) is 15.5. The molecule has 2 saturated heterocycles. The second kappa shape index (κ2) is 48.9. The van der Waals surface area contributed by atoms with Gasteiger partial charge in [-0.2, -0.15) is 0 Å². The van der Waals surface area contributed by atoms with Crippen LogP contribution < -0.4 is 5.32 Å². The molecule has 0 aromatic rings. The lowest BCUT2D eigenvalue weighted by molar-refractivity contribution is -0.359. The van der Waals surface area contributed by atoms with Crippen molar-refractivity contribution in [1.82, 2.24) is 5.32 Å². The van der Waals surface area contributed by atoms with Gasteiger partial charge >= 0.3 is 0 Å². The van der Waals surface area contributed by atoms with E-state index in [1.165, 1.54) is 193 Å². The van der Waals surface area contributed by atoms with Crippen LogP contribution >= 0.6 is 0 Å². The first-order valence-corrected chi connectivity index (χ1v) is 31.7. The minimum Gasteiger partial charge on any atom is -0.394 e. The monoisotopic (exact) mass is 1100 g/mol. The molecule has 2 aliphatic rings. The Labute approximate surface area is 468 Å². The van der Waals surface area contributed by atoms with Crippen LogP contribution in [0.25, 0.3) is 0 Å². The summed E-state index contributed by atoms with van der Waals surface area (Å²) in [4.78, 5) is 13.3. The van der Waals surface area contributed by atoms with Crippen molar-refractivity contribution in [3.05, 3.63) is 36.5 Å². The van der Waals surface area contributed by atoms with Crippen molar-refractivity contribution in [3.8, 4) is 0 Å². The number of carbonyl (C=O) groups is 1. The number of aliphatic hydroxyl groups excluding tert-OH is 8. The van der Waals surface area contributed by atoms with Crippen molar-refractivity contribution >= 4 is 5.91 Å². The van der Waals surface area contributed by atoms with Crippen molar-refractivity contribution in [1.29, 1.82) is 0 Å². The Bertz CT molecular complexity index is 1430. The zero-order chi connectivity index (χ0) is 56.0. The summed E-state index contributed by atoms with van der Waals surface area (Å²) < 4.78 is 22.8. The van der Waals surface area contributed by atoms with E-state index in [0.29, 0.717) is 12.8 Å². The maximum Gasteiger partial charge on any atom is 0.220 e. The van der Waals surface area contributed by atoms with E-state index in [1.54, 1.807) is 6.08 Å². The molecule has 2 rings (SSSR count). The maximum absolute atomic E-state index is 13.3. The van der Waals surface area contributed by atoms with Gasteiger partial charge in [-0.15, -0.1) is 0 Å². The molecule has 0 saturated carbocycles. The van der Waals surface area contributed by atoms with Crippen molar-refractivity contribution in [3.63, 3.8) is 0 Å². The van der Waals surface area contributed by atoms with Crippen molar-refractivity contribution in [2.45, 2.75) is 338 Å². The Morgan fingerprint density at radius 2 is 0.831 bits per heavy atom. The second-order valence-electron chi connectivity index (χ2n) is 22.5. The van der Waals surface area contributed by atoms with Gasteiger partial charge in [-0.3, -0.25) is 4.79 Å². The van der Waals surface area contributed by atoms with Crippen LogP contribution in [-0.4, -0.2) is 140 Å². The van der Waals surface area contributed by atoms with Crippen LogP contribution in [0.5, 0.6) is 0 Å². The summed E-state index contributed by atoms with van der Waals surface area (Å²) in [6.07, 6.45) is 43.3. The van der Waals surface area contributed by atoms with Gasteiger partial charge < -0.3 is 65.1 Å². The fourth-order valence-electron chi connectivity index (χ4n) is 10.4. The number of ether oxygens (including phenoxy) is 4. The Morgan fingerprint density at radius 1 is 0.455 bits per heavy atom. The molecule has 0 spiro atoms. The molecular formula is C63H117NO13. The molecule has 452 valence electrons. The Kier molecular flexibility index (Phi) is 45.3. The van der Waals surface area contributed by atoms with Crippen LogP contribution in [0.1, 0.15) is 264 Å². The molecule has 0 bridgehead atoms. The van der Waals surface area contributed by atoms with Crippen LogP contribution in [0, 0.1) is 0 Å². The molecule has 14 heteroatoms. The molecule has 1 amide bonds. The lowest BCUT2D eigenvalue weighted by Gasteiger charge is -2.46. The van der Waals surface area contributed by atoms with Gasteiger partial charge in [0, 0.05) is 6.42 Å². The average Bonchev–Trinajstić information content (AvgIpc) is 3.44. The van der Waals surface area contributed by atoms with Gasteiger partial charge in [0.2, 0.25) is 5.91 Å². The van der Waals surface area contributed by atoms with E-state index >= 15 is 0 Å². The normalized spacial score (nSPS) is 24.9. The highest BCUT2D eigenvalue weighted by molar-refractivity contribution is 5.76. The SMILES string of the molecule is CCCCCCCCC/C=C\CCCCCCCCCC(=O)NC(COC1OC(CO)C(OC2OC(CO)C(O)C(O)C2O)C(O)C1O)C(O)/C=C/CC/C=C/CCCCCCCCCCCCCCCCCCCCC. The Balaban J connectivity index is 1.75. The number of hydrogen-bond acceptors (Lipinski definition) is 13. The minimum absolute atomic E-state index is 0.251. The van der Waals surface area contributed by atoms with E-state index in [2.05, 4.69) is 43.5 Å². The van der Waals surface area contributed by atoms with Crippen LogP contribution in [0.2, 0.25) is 0 Å². The van der Waals surface area contributed by atoms with E-state index < -0.39 is 86.8 Å². The van der Waals surface area contributed by atoms with Crippen LogP contribution in [0.15, 0.2) is 36.5 Å². The summed E-state index contributed by atoms with van der Waals surface area (Å²) in [5, 5.41) is 87.2. The van der Waals surface area contributed by atoms with Gasteiger partial charge in [-0.25, -0.2) is 0 Å². The fourth-order valence-corrected chi connectivity index (χ4v) is 10.4. The molecule has 2 aliphatic heterocycles. The fraction of sp³-hybridized carbons (Fsp3) is 0.889. The van der Waals surface area contributed by atoms with Gasteiger partial charge in [0.15, 0.2) is 12.6 Å². The number of hydrogen-bond donors (Lipinski definition) is 9. The Hall–Kier alpha value is -1.79. The number of allylic oxidation sites excluding steroid dienone is 5. The number of nitrogens with one attached hydrogen (secondary N) is 1. The van der Waals surface area contributed by atoms with E-state index in [-0.39, 0.29) is 18.9 Å². The van der Waals surface area contributed by atoms with E-state index in [1.807, 2.05) is 6.08 Å². The molecule has 9 N–H and O–H groups in total.